The summed E-state index contributed by atoms with van der Waals surface area (Å²) in [4.78, 5) is 0.881. The van der Waals surface area contributed by atoms with E-state index in [9.17, 15) is 4.21 Å². The number of hydrogen-bond donors (Lipinski definition) is 0. The van der Waals surface area contributed by atoms with Crippen molar-refractivity contribution in [3.05, 3.63) is 59.7 Å². The van der Waals surface area contributed by atoms with Crippen LogP contribution in [0.25, 0.3) is 0 Å². The predicted molar refractivity (Wildman–Crippen MR) is 84.4 cm³/mol. The van der Waals surface area contributed by atoms with Crippen LogP contribution in [0.5, 0.6) is 0 Å². The Morgan fingerprint density at radius 2 is 1.75 bits per heavy atom. The van der Waals surface area contributed by atoms with Crippen molar-refractivity contribution in [3.8, 4) is 0 Å². The Morgan fingerprint density at radius 3 is 2.45 bits per heavy atom. The van der Waals surface area contributed by atoms with Crippen LogP contribution in [0.4, 0.5) is 5.69 Å². The average Bonchev–Trinajstić information content (AvgIpc) is 2.90. The van der Waals surface area contributed by atoms with Gasteiger partial charge in [0.05, 0.1) is 10.6 Å². The smallest absolute Gasteiger partial charge is 0.152 e. The molecule has 104 valence electrons. The molecule has 0 saturated carbocycles. The van der Waals surface area contributed by atoms with E-state index in [0.717, 1.165) is 23.5 Å². The summed E-state index contributed by atoms with van der Waals surface area (Å²) in [5.41, 5.74) is 3.69. The number of benzene rings is 2. The van der Waals surface area contributed by atoms with Gasteiger partial charge in [0.15, 0.2) is 11.0 Å². The number of hydrogen-bond acceptors (Lipinski definition) is 1. The molecule has 2 nitrogen and oxygen atoms in total. The largest absolute Gasteiger partial charge is 0.287 e. The quantitative estimate of drug-likeness (QED) is 0.837. The van der Waals surface area contributed by atoms with Gasteiger partial charge in [0, 0.05) is 6.54 Å². The van der Waals surface area contributed by atoms with Crippen molar-refractivity contribution < 1.29 is 4.21 Å². The van der Waals surface area contributed by atoms with Crippen molar-refractivity contribution in [1.29, 1.82) is 0 Å². The summed E-state index contributed by atoms with van der Waals surface area (Å²) in [6, 6.07) is 16.4. The van der Waals surface area contributed by atoms with E-state index in [4.69, 9.17) is 0 Å². The molecule has 20 heavy (non-hydrogen) atoms. The Balaban J connectivity index is 1.87. The maximum Gasteiger partial charge on any atom is 0.152 e. The van der Waals surface area contributed by atoms with Crippen molar-refractivity contribution in [2.75, 3.05) is 10.8 Å². The normalized spacial score (nSPS) is 15.4. The van der Waals surface area contributed by atoms with E-state index in [0.29, 0.717) is 5.92 Å². The van der Waals surface area contributed by atoms with E-state index < -0.39 is 11.0 Å². The van der Waals surface area contributed by atoms with Gasteiger partial charge in [0.1, 0.15) is 0 Å². The predicted octanol–water partition coefficient (Wildman–Crippen LogP) is 3.90. The van der Waals surface area contributed by atoms with Crippen LogP contribution in [0.15, 0.2) is 53.4 Å². The Morgan fingerprint density at radius 1 is 1.05 bits per heavy atom. The number of anilines is 1. The highest BCUT2D eigenvalue weighted by Crippen LogP contribution is 2.31. The van der Waals surface area contributed by atoms with Crippen LogP contribution < -0.4 is 4.31 Å². The van der Waals surface area contributed by atoms with Gasteiger partial charge in [0.2, 0.25) is 0 Å². The molecule has 0 spiro atoms. The first-order valence-electron chi connectivity index (χ1n) is 7.04. The van der Waals surface area contributed by atoms with Gasteiger partial charge < -0.3 is 0 Å². The van der Waals surface area contributed by atoms with Crippen LogP contribution in [0.3, 0.4) is 0 Å². The fourth-order valence-electron chi connectivity index (χ4n) is 2.58. The molecule has 1 heterocycles. The topological polar surface area (TPSA) is 20.3 Å². The monoisotopic (exact) mass is 285 g/mol. The van der Waals surface area contributed by atoms with Crippen molar-refractivity contribution in [1.82, 2.24) is 0 Å². The third kappa shape index (κ3) is 2.38. The molecule has 0 amide bonds. The van der Waals surface area contributed by atoms with Gasteiger partial charge in [-0.05, 0) is 41.7 Å². The number of fused-ring (bicyclic) bond motifs is 1. The van der Waals surface area contributed by atoms with Gasteiger partial charge in [-0.1, -0.05) is 44.2 Å². The molecule has 0 fully saturated rings. The van der Waals surface area contributed by atoms with E-state index in [-0.39, 0.29) is 0 Å². The fourth-order valence-corrected chi connectivity index (χ4v) is 3.81. The highest BCUT2D eigenvalue weighted by Gasteiger charge is 2.24. The maximum atomic E-state index is 12.7. The van der Waals surface area contributed by atoms with E-state index in [1.54, 1.807) is 0 Å². The Kier molecular flexibility index (Phi) is 3.62. The van der Waals surface area contributed by atoms with Crippen LogP contribution in [-0.2, 0) is 17.4 Å². The molecule has 3 heteroatoms. The van der Waals surface area contributed by atoms with E-state index in [1.165, 1.54) is 11.1 Å². The fraction of sp³-hybridized carbons (Fsp3) is 0.294. The maximum absolute atomic E-state index is 12.7. The minimum absolute atomic E-state index is 0.505. The average molecular weight is 285 g/mol. The van der Waals surface area contributed by atoms with Gasteiger partial charge >= 0.3 is 0 Å². The van der Waals surface area contributed by atoms with Crippen molar-refractivity contribution >= 4 is 16.7 Å². The minimum atomic E-state index is -1.11. The molecule has 1 aliphatic heterocycles. The first-order valence-corrected chi connectivity index (χ1v) is 8.15. The third-order valence-corrected chi connectivity index (χ3v) is 5.25. The molecule has 2 aromatic rings. The summed E-state index contributed by atoms with van der Waals surface area (Å²) in [5.74, 6) is 0.505. The second-order valence-electron chi connectivity index (χ2n) is 5.45. The number of para-hydroxylation sites is 1. The van der Waals surface area contributed by atoms with Gasteiger partial charge in [-0.15, -0.1) is 0 Å². The SMILES string of the molecule is CC(C)c1ccc(S(=O)N2CCc3ccccc32)cc1. The highest BCUT2D eigenvalue weighted by atomic mass is 32.2. The zero-order chi connectivity index (χ0) is 14.1. The molecule has 0 bridgehead atoms. The molecule has 3 rings (SSSR count). The first-order chi connectivity index (χ1) is 9.66. The summed E-state index contributed by atoms with van der Waals surface area (Å²) in [7, 11) is -1.11. The van der Waals surface area contributed by atoms with Gasteiger partial charge in [-0.2, -0.15) is 0 Å². The molecule has 0 saturated heterocycles. The summed E-state index contributed by atoms with van der Waals surface area (Å²) < 4.78 is 14.7. The molecule has 0 N–H and O–H groups in total. The van der Waals surface area contributed by atoms with Crippen molar-refractivity contribution in [2.45, 2.75) is 31.1 Å². The Hall–Kier alpha value is -1.61. The van der Waals surface area contributed by atoms with E-state index >= 15 is 0 Å². The standard InChI is InChI=1S/C17H19NOS/c1-13(2)14-7-9-16(10-8-14)20(19)18-12-11-15-5-3-4-6-17(15)18/h3-10,13H,11-12H2,1-2H3. The van der Waals surface area contributed by atoms with Crippen LogP contribution >= 0.6 is 0 Å². The molecule has 1 unspecified atom stereocenters. The lowest BCUT2D eigenvalue weighted by atomic mass is 10.0. The molecule has 0 aliphatic carbocycles. The number of nitrogens with zero attached hydrogens (tertiary/aromatic N) is 1. The molecule has 1 atom stereocenters. The van der Waals surface area contributed by atoms with Gasteiger partial charge in [0.25, 0.3) is 0 Å². The second-order valence-corrected chi connectivity index (χ2v) is 6.86. The first kappa shape index (κ1) is 13.4. The lowest BCUT2D eigenvalue weighted by molar-refractivity contribution is 0.680. The molecule has 2 aromatic carbocycles. The molecule has 1 aliphatic rings. The summed E-state index contributed by atoms with van der Waals surface area (Å²) in [6.07, 6.45) is 0.978. The Bertz CT molecular complexity index is 634. The molecular formula is C17H19NOS. The van der Waals surface area contributed by atoms with Crippen LogP contribution in [0, 0.1) is 0 Å². The van der Waals surface area contributed by atoms with E-state index in [2.05, 4.69) is 38.1 Å². The zero-order valence-corrected chi connectivity index (χ0v) is 12.7. The number of rotatable bonds is 3. The summed E-state index contributed by atoms with van der Waals surface area (Å²) in [5, 5.41) is 0. The molecular weight excluding hydrogens is 266 g/mol. The van der Waals surface area contributed by atoms with Crippen LogP contribution in [0.1, 0.15) is 30.9 Å². The van der Waals surface area contributed by atoms with E-state index in [1.807, 2.05) is 28.6 Å². The highest BCUT2D eigenvalue weighted by molar-refractivity contribution is 7.86. The van der Waals surface area contributed by atoms with Crippen molar-refractivity contribution in [3.63, 3.8) is 0 Å². The second kappa shape index (κ2) is 5.41. The Labute approximate surface area is 123 Å². The molecule has 0 radical (unpaired) electrons. The summed E-state index contributed by atoms with van der Waals surface area (Å²) >= 11 is 0. The van der Waals surface area contributed by atoms with Gasteiger partial charge in [-0.25, -0.2) is 4.21 Å². The summed E-state index contributed by atoms with van der Waals surface area (Å²) in [6.45, 7) is 5.17. The third-order valence-electron chi connectivity index (χ3n) is 3.79. The van der Waals surface area contributed by atoms with Crippen LogP contribution in [-0.4, -0.2) is 10.8 Å². The minimum Gasteiger partial charge on any atom is -0.287 e. The lowest BCUT2D eigenvalue weighted by Crippen LogP contribution is -2.23. The molecule has 0 aromatic heterocycles. The lowest BCUT2D eigenvalue weighted by Gasteiger charge is -2.18. The van der Waals surface area contributed by atoms with Crippen molar-refractivity contribution in [2.24, 2.45) is 0 Å². The van der Waals surface area contributed by atoms with Crippen LogP contribution in [0.2, 0.25) is 0 Å². The van der Waals surface area contributed by atoms with Gasteiger partial charge in [-0.3, -0.25) is 4.31 Å². The zero-order valence-electron chi connectivity index (χ0n) is 11.9.